The van der Waals surface area contributed by atoms with E-state index in [1.807, 2.05) is 0 Å². The fraction of sp³-hybridized carbons (Fsp3) is 0.222. The molecule has 1 atom stereocenters. The summed E-state index contributed by atoms with van der Waals surface area (Å²) in [7, 11) is 0. The van der Waals surface area contributed by atoms with E-state index < -0.39 is 0 Å². The number of hydrogen-bond donors (Lipinski definition) is 1. The Kier molecular flexibility index (Phi) is 3.72. The monoisotopic (exact) mass is 216 g/mol. The molecule has 70 valence electrons. The van der Waals surface area contributed by atoms with E-state index in [2.05, 4.69) is 11.6 Å². The van der Waals surface area contributed by atoms with Gasteiger partial charge in [-0.25, -0.2) is 4.98 Å². The average Bonchev–Trinajstić information content (AvgIpc) is 2.10. The van der Waals surface area contributed by atoms with Crippen LogP contribution in [-0.4, -0.2) is 4.98 Å². The summed E-state index contributed by atoms with van der Waals surface area (Å²) in [6.45, 7) is 3.61. The second kappa shape index (κ2) is 4.61. The summed E-state index contributed by atoms with van der Waals surface area (Å²) in [6, 6.07) is 1.62. The molecule has 0 saturated heterocycles. The Labute approximate surface area is 87.4 Å². The van der Waals surface area contributed by atoms with Gasteiger partial charge in [-0.05, 0) is 18.1 Å². The van der Waals surface area contributed by atoms with E-state index >= 15 is 0 Å². The van der Waals surface area contributed by atoms with Gasteiger partial charge in [0.1, 0.15) is 5.15 Å². The first-order valence-corrected chi connectivity index (χ1v) is 4.58. The predicted octanol–water partition coefficient (Wildman–Crippen LogP) is 2.96. The summed E-state index contributed by atoms with van der Waals surface area (Å²) in [4.78, 5) is 3.90. The lowest BCUT2D eigenvalue weighted by molar-refractivity contribution is 0.737. The molecule has 1 heterocycles. The van der Waals surface area contributed by atoms with Gasteiger partial charge in [-0.1, -0.05) is 29.3 Å². The van der Waals surface area contributed by atoms with Crippen LogP contribution in [0.1, 0.15) is 18.0 Å². The van der Waals surface area contributed by atoms with Gasteiger partial charge in [-0.15, -0.1) is 6.58 Å². The zero-order valence-corrected chi connectivity index (χ0v) is 8.52. The minimum atomic E-state index is -0.111. The summed E-state index contributed by atoms with van der Waals surface area (Å²) >= 11 is 11.4. The standard InChI is InChI=1S/C9H10Cl2N2/c1-2-3-8(12)6-4-7(10)9(11)13-5-6/h2,4-5,8H,1,3,12H2/t8-/m1/s1. The summed E-state index contributed by atoms with van der Waals surface area (Å²) in [5.74, 6) is 0. The smallest absolute Gasteiger partial charge is 0.147 e. The number of pyridine rings is 1. The Bertz CT molecular complexity index is 312. The molecule has 0 aromatic carbocycles. The van der Waals surface area contributed by atoms with Gasteiger partial charge in [0.15, 0.2) is 0 Å². The molecule has 1 aromatic heterocycles. The molecule has 0 aliphatic heterocycles. The lowest BCUT2D eigenvalue weighted by Crippen LogP contribution is -2.09. The Balaban J connectivity index is 2.89. The lowest BCUT2D eigenvalue weighted by atomic mass is 10.1. The van der Waals surface area contributed by atoms with Gasteiger partial charge in [0, 0.05) is 12.2 Å². The molecule has 0 aliphatic carbocycles. The normalized spacial score (nSPS) is 12.5. The van der Waals surface area contributed by atoms with E-state index in [9.17, 15) is 0 Å². The van der Waals surface area contributed by atoms with Crippen molar-refractivity contribution >= 4 is 23.2 Å². The van der Waals surface area contributed by atoms with Crippen LogP contribution in [-0.2, 0) is 0 Å². The minimum Gasteiger partial charge on any atom is -0.324 e. The van der Waals surface area contributed by atoms with Crippen molar-refractivity contribution in [3.05, 3.63) is 40.7 Å². The van der Waals surface area contributed by atoms with Crippen LogP contribution in [0.5, 0.6) is 0 Å². The largest absolute Gasteiger partial charge is 0.324 e. The number of aromatic nitrogens is 1. The maximum atomic E-state index is 5.81. The molecule has 0 unspecified atom stereocenters. The average molecular weight is 217 g/mol. The molecular weight excluding hydrogens is 207 g/mol. The van der Waals surface area contributed by atoms with Crippen LogP contribution >= 0.6 is 23.2 Å². The third-order valence-electron chi connectivity index (χ3n) is 1.67. The van der Waals surface area contributed by atoms with Crippen LogP contribution < -0.4 is 5.73 Å². The van der Waals surface area contributed by atoms with Crippen molar-refractivity contribution in [3.63, 3.8) is 0 Å². The van der Waals surface area contributed by atoms with Crippen molar-refractivity contribution in [2.75, 3.05) is 0 Å². The molecule has 0 bridgehead atoms. The third kappa shape index (κ3) is 2.69. The van der Waals surface area contributed by atoms with E-state index in [1.54, 1.807) is 18.3 Å². The molecule has 0 spiro atoms. The van der Waals surface area contributed by atoms with Gasteiger partial charge in [0.05, 0.1) is 5.02 Å². The second-order valence-electron chi connectivity index (χ2n) is 2.67. The number of nitrogens with two attached hydrogens (primary N) is 1. The summed E-state index contributed by atoms with van der Waals surface area (Å²) in [5, 5.41) is 0.731. The van der Waals surface area contributed by atoms with Crippen LogP contribution in [0.25, 0.3) is 0 Å². The van der Waals surface area contributed by atoms with Crippen LogP contribution in [0.2, 0.25) is 10.2 Å². The first-order chi connectivity index (χ1) is 6.15. The maximum Gasteiger partial charge on any atom is 0.147 e. The lowest BCUT2D eigenvalue weighted by Gasteiger charge is -2.09. The zero-order valence-electron chi connectivity index (χ0n) is 7.00. The van der Waals surface area contributed by atoms with Gasteiger partial charge in [-0.3, -0.25) is 0 Å². The van der Waals surface area contributed by atoms with Gasteiger partial charge in [0.25, 0.3) is 0 Å². The van der Waals surface area contributed by atoms with E-state index in [1.165, 1.54) is 0 Å². The molecule has 2 N–H and O–H groups in total. The highest BCUT2D eigenvalue weighted by Gasteiger charge is 2.06. The molecule has 0 amide bonds. The molecule has 1 aromatic rings. The Morgan fingerprint density at radius 1 is 1.62 bits per heavy atom. The van der Waals surface area contributed by atoms with Crippen molar-refractivity contribution in [1.29, 1.82) is 0 Å². The van der Waals surface area contributed by atoms with Crippen molar-refractivity contribution in [3.8, 4) is 0 Å². The minimum absolute atomic E-state index is 0.111. The zero-order chi connectivity index (χ0) is 9.84. The molecule has 0 radical (unpaired) electrons. The quantitative estimate of drug-likeness (QED) is 0.624. The van der Waals surface area contributed by atoms with Gasteiger partial charge in [-0.2, -0.15) is 0 Å². The molecule has 2 nitrogen and oxygen atoms in total. The van der Waals surface area contributed by atoms with E-state index in [0.717, 1.165) is 5.56 Å². The SMILES string of the molecule is C=CC[C@@H](N)c1cnc(Cl)c(Cl)c1. The number of hydrogen-bond acceptors (Lipinski definition) is 2. The first kappa shape index (κ1) is 10.5. The van der Waals surface area contributed by atoms with E-state index in [4.69, 9.17) is 28.9 Å². The van der Waals surface area contributed by atoms with Gasteiger partial charge in [0.2, 0.25) is 0 Å². The summed E-state index contributed by atoms with van der Waals surface area (Å²) in [5.41, 5.74) is 6.68. The number of halogens is 2. The fourth-order valence-corrected chi connectivity index (χ4v) is 1.23. The highest BCUT2D eigenvalue weighted by atomic mass is 35.5. The second-order valence-corrected chi connectivity index (χ2v) is 3.44. The molecule has 4 heteroatoms. The van der Waals surface area contributed by atoms with Gasteiger partial charge >= 0.3 is 0 Å². The molecular formula is C9H10Cl2N2. The Morgan fingerprint density at radius 3 is 2.85 bits per heavy atom. The molecule has 0 fully saturated rings. The molecule has 1 rings (SSSR count). The molecule has 0 aliphatic rings. The number of nitrogens with zero attached hydrogens (tertiary/aromatic N) is 1. The van der Waals surface area contributed by atoms with Crippen molar-refractivity contribution in [1.82, 2.24) is 4.98 Å². The highest BCUT2D eigenvalue weighted by Crippen LogP contribution is 2.23. The van der Waals surface area contributed by atoms with Crippen LogP contribution in [0.3, 0.4) is 0 Å². The summed E-state index contributed by atoms with van der Waals surface area (Å²) in [6.07, 6.45) is 4.08. The van der Waals surface area contributed by atoms with Crippen molar-refractivity contribution in [2.45, 2.75) is 12.5 Å². The molecule has 13 heavy (non-hydrogen) atoms. The van der Waals surface area contributed by atoms with Crippen LogP contribution in [0.4, 0.5) is 0 Å². The topological polar surface area (TPSA) is 38.9 Å². The van der Waals surface area contributed by atoms with Crippen molar-refractivity contribution < 1.29 is 0 Å². The molecule has 0 saturated carbocycles. The maximum absolute atomic E-state index is 5.81. The Morgan fingerprint density at radius 2 is 2.31 bits per heavy atom. The van der Waals surface area contributed by atoms with Crippen LogP contribution in [0.15, 0.2) is 24.9 Å². The Hall–Kier alpha value is -0.570. The van der Waals surface area contributed by atoms with Crippen molar-refractivity contribution in [2.24, 2.45) is 5.73 Å². The fourth-order valence-electron chi connectivity index (χ4n) is 0.954. The van der Waals surface area contributed by atoms with E-state index in [-0.39, 0.29) is 6.04 Å². The number of rotatable bonds is 3. The van der Waals surface area contributed by atoms with E-state index in [0.29, 0.717) is 16.6 Å². The predicted molar refractivity (Wildman–Crippen MR) is 56.0 cm³/mol. The summed E-state index contributed by atoms with van der Waals surface area (Å²) < 4.78 is 0. The van der Waals surface area contributed by atoms with Crippen LogP contribution in [0, 0.1) is 0 Å². The highest BCUT2D eigenvalue weighted by molar-refractivity contribution is 6.41. The van der Waals surface area contributed by atoms with Gasteiger partial charge < -0.3 is 5.73 Å². The first-order valence-electron chi connectivity index (χ1n) is 3.82. The third-order valence-corrected chi connectivity index (χ3v) is 2.35.